The molecule has 0 aliphatic carbocycles. The van der Waals surface area contributed by atoms with Crippen molar-refractivity contribution < 1.29 is 9.53 Å². The lowest BCUT2D eigenvalue weighted by Gasteiger charge is -2.37. The molecular formula is C22H31N2O2+. The number of hydrogen-bond donors (Lipinski definition) is 1. The Kier molecular flexibility index (Phi) is 6.81. The Morgan fingerprint density at radius 1 is 1.00 bits per heavy atom. The van der Waals surface area contributed by atoms with Gasteiger partial charge in [-0.3, -0.25) is 9.80 Å². The lowest BCUT2D eigenvalue weighted by molar-refractivity contribution is 0.147. The van der Waals surface area contributed by atoms with Gasteiger partial charge in [0, 0.05) is 11.1 Å². The van der Waals surface area contributed by atoms with E-state index >= 15 is 0 Å². The molecule has 26 heavy (non-hydrogen) atoms. The van der Waals surface area contributed by atoms with E-state index in [4.69, 9.17) is 4.74 Å². The van der Waals surface area contributed by atoms with E-state index in [2.05, 4.69) is 57.5 Å². The topological polar surface area (TPSA) is 38.3 Å². The number of carbonyl (C=O) groups excluding carboxylic acids is 1. The maximum absolute atomic E-state index is 11.8. The molecule has 0 spiro atoms. The van der Waals surface area contributed by atoms with Crippen LogP contribution in [0.5, 0.6) is 0 Å². The van der Waals surface area contributed by atoms with Crippen LogP contribution in [0.1, 0.15) is 26.7 Å². The van der Waals surface area contributed by atoms with Crippen LogP contribution in [0.25, 0.3) is 0 Å². The minimum Gasteiger partial charge on any atom is -0.449 e. The average Bonchev–Trinajstić information content (AvgIpc) is 2.59. The molecule has 0 saturated carbocycles. The molecule has 4 heteroatoms. The molecule has 0 radical (unpaired) electrons. The number of nitrogens with one attached hydrogen (secondary N) is 1. The van der Waals surface area contributed by atoms with Crippen LogP contribution in [-0.2, 0) is 4.74 Å². The van der Waals surface area contributed by atoms with Gasteiger partial charge in [-0.05, 0) is 37.1 Å². The summed E-state index contributed by atoms with van der Waals surface area (Å²) in [5.41, 5.74) is 2.21. The molecule has 2 aromatic rings. The van der Waals surface area contributed by atoms with Gasteiger partial charge in [0.05, 0.1) is 27.2 Å². The van der Waals surface area contributed by atoms with Gasteiger partial charge in [-0.25, -0.2) is 4.79 Å². The molecule has 0 heterocycles. The highest BCUT2D eigenvalue weighted by Crippen LogP contribution is 2.29. The largest absolute Gasteiger partial charge is 0.449 e. The van der Waals surface area contributed by atoms with Crippen molar-refractivity contribution in [3.8, 4) is 0 Å². The molecular weight excluding hydrogens is 324 g/mol. The van der Waals surface area contributed by atoms with Crippen molar-refractivity contribution in [3.63, 3.8) is 0 Å². The zero-order chi connectivity index (χ0) is 19.0. The van der Waals surface area contributed by atoms with Crippen LogP contribution in [0.2, 0.25) is 0 Å². The second-order valence-electron chi connectivity index (χ2n) is 8.07. The summed E-state index contributed by atoms with van der Waals surface area (Å²) in [6, 6.07) is 19.9. The number of nitrogens with zero attached hydrogens (tertiary/aromatic N) is 1. The molecule has 140 valence electrons. The van der Waals surface area contributed by atoms with Gasteiger partial charge in [-0.15, -0.1) is 0 Å². The third-order valence-corrected chi connectivity index (χ3v) is 4.53. The molecule has 1 N–H and O–H groups in total. The second kappa shape index (κ2) is 8.86. The van der Waals surface area contributed by atoms with Gasteiger partial charge in [0.15, 0.2) is 0 Å². The van der Waals surface area contributed by atoms with E-state index in [0.29, 0.717) is 6.61 Å². The Morgan fingerprint density at radius 3 is 2.19 bits per heavy atom. The normalized spacial score (nSPS) is 11.8. The van der Waals surface area contributed by atoms with E-state index < -0.39 is 6.09 Å². The first-order valence-electron chi connectivity index (χ1n) is 9.16. The number of para-hydroxylation sites is 2. The highest BCUT2D eigenvalue weighted by molar-refractivity contribution is 5.84. The predicted octanol–water partition coefficient (Wildman–Crippen LogP) is 5.31. The first-order valence-corrected chi connectivity index (χ1v) is 9.16. The molecule has 2 aromatic carbocycles. The molecule has 0 saturated heterocycles. The summed E-state index contributed by atoms with van der Waals surface area (Å²) in [5.74, 6) is 0. The fourth-order valence-electron chi connectivity index (χ4n) is 3.46. The van der Waals surface area contributed by atoms with Crippen LogP contribution in [0, 0.1) is 5.41 Å². The monoisotopic (exact) mass is 355 g/mol. The molecule has 0 bridgehead atoms. The molecule has 2 rings (SSSR count). The first kappa shape index (κ1) is 20.0. The molecule has 4 nitrogen and oxygen atoms in total. The number of quaternary nitrogens is 1. The predicted molar refractivity (Wildman–Crippen MR) is 109 cm³/mol. The zero-order valence-electron chi connectivity index (χ0n) is 16.4. The first-order chi connectivity index (χ1) is 12.3. The molecule has 0 aliphatic heterocycles. The maximum atomic E-state index is 11.8. The van der Waals surface area contributed by atoms with Crippen molar-refractivity contribution in [2.45, 2.75) is 26.7 Å². The van der Waals surface area contributed by atoms with Gasteiger partial charge in [-0.1, -0.05) is 50.2 Å². The minimum atomic E-state index is -0.394. The summed E-state index contributed by atoms with van der Waals surface area (Å²) in [4.78, 5) is 11.8. The van der Waals surface area contributed by atoms with Gasteiger partial charge in [0.25, 0.3) is 0 Å². The standard InChI is InChI=1S/C22H30N2O2/c1-22(2,18-24(3,4)20-14-9-6-10-15-20)16-11-17-26-21(25)23-19-12-7-5-8-13-19/h5-10,12-15H,11,16-18H2,1-4H3/p+1. The summed E-state index contributed by atoms with van der Waals surface area (Å²) in [5, 5.41) is 2.74. The summed E-state index contributed by atoms with van der Waals surface area (Å²) in [6.07, 6.45) is 1.46. The van der Waals surface area contributed by atoms with Gasteiger partial charge < -0.3 is 4.74 Å². The number of anilines is 1. The van der Waals surface area contributed by atoms with Gasteiger partial charge in [0.1, 0.15) is 5.69 Å². The third-order valence-electron chi connectivity index (χ3n) is 4.53. The summed E-state index contributed by atoms with van der Waals surface area (Å²) in [6.45, 7) is 6.01. The van der Waals surface area contributed by atoms with Crippen molar-refractivity contribution in [2.75, 3.05) is 32.6 Å². The van der Waals surface area contributed by atoms with Gasteiger partial charge in [-0.2, -0.15) is 0 Å². The van der Waals surface area contributed by atoms with E-state index in [1.807, 2.05) is 36.4 Å². The van der Waals surface area contributed by atoms with Crippen LogP contribution in [0.3, 0.4) is 0 Å². The lowest BCUT2D eigenvalue weighted by atomic mass is 9.86. The average molecular weight is 356 g/mol. The zero-order valence-corrected chi connectivity index (χ0v) is 16.4. The van der Waals surface area contributed by atoms with E-state index in [9.17, 15) is 4.79 Å². The number of ether oxygens (including phenoxy) is 1. The summed E-state index contributed by atoms with van der Waals surface area (Å²) in [7, 11) is 4.47. The Labute approximate surface area is 157 Å². The quantitative estimate of drug-likeness (QED) is 0.515. The molecule has 0 fully saturated rings. The summed E-state index contributed by atoms with van der Waals surface area (Å²) < 4.78 is 6.14. The van der Waals surface area contributed by atoms with Crippen molar-refractivity contribution >= 4 is 17.5 Å². The second-order valence-corrected chi connectivity index (χ2v) is 8.07. The third kappa shape index (κ3) is 6.52. The van der Waals surface area contributed by atoms with Crippen molar-refractivity contribution in [3.05, 3.63) is 60.7 Å². The van der Waals surface area contributed by atoms with Crippen molar-refractivity contribution in [2.24, 2.45) is 5.41 Å². The fraction of sp³-hybridized carbons (Fsp3) is 0.409. The number of rotatable bonds is 8. The molecule has 0 atom stereocenters. The SMILES string of the molecule is CC(C)(CCCOC(=O)Nc1ccccc1)C[N+](C)(C)c1ccccc1. The number of benzene rings is 2. The van der Waals surface area contributed by atoms with Crippen molar-refractivity contribution in [1.82, 2.24) is 4.48 Å². The van der Waals surface area contributed by atoms with E-state index in [1.54, 1.807) is 0 Å². The van der Waals surface area contributed by atoms with Crippen LogP contribution in [0.15, 0.2) is 60.7 Å². The maximum Gasteiger partial charge on any atom is 0.411 e. The lowest BCUT2D eigenvalue weighted by Crippen LogP contribution is -2.47. The number of carbonyl (C=O) groups is 1. The Bertz CT molecular complexity index is 682. The van der Waals surface area contributed by atoms with Crippen LogP contribution in [-0.4, -0.2) is 33.3 Å². The highest BCUT2D eigenvalue weighted by Gasteiger charge is 2.30. The van der Waals surface area contributed by atoms with Crippen LogP contribution >= 0.6 is 0 Å². The van der Waals surface area contributed by atoms with E-state index in [1.165, 1.54) is 5.69 Å². The van der Waals surface area contributed by atoms with E-state index in [-0.39, 0.29) is 5.41 Å². The Morgan fingerprint density at radius 2 is 1.58 bits per heavy atom. The van der Waals surface area contributed by atoms with Gasteiger partial charge >= 0.3 is 6.09 Å². The summed E-state index contributed by atoms with van der Waals surface area (Å²) >= 11 is 0. The minimum absolute atomic E-state index is 0.151. The Hall–Kier alpha value is -2.33. The van der Waals surface area contributed by atoms with Crippen LogP contribution < -0.4 is 9.80 Å². The van der Waals surface area contributed by atoms with Crippen molar-refractivity contribution in [1.29, 1.82) is 0 Å². The molecule has 0 aromatic heterocycles. The molecule has 0 aliphatic rings. The Balaban J connectivity index is 1.74. The van der Waals surface area contributed by atoms with Gasteiger partial charge in [0.2, 0.25) is 0 Å². The smallest absolute Gasteiger partial charge is 0.411 e. The number of hydrogen-bond acceptors (Lipinski definition) is 2. The van der Waals surface area contributed by atoms with E-state index in [0.717, 1.165) is 29.6 Å². The highest BCUT2D eigenvalue weighted by atomic mass is 16.5. The molecule has 1 amide bonds. The number of amides is 1. The van der Waals surface area contributed by atoms with Crippen LogP contribution in [0.4, 0.5) is 16.2 Å². The fourth-order valence-corrected chi connectivity index (χ4v) is 3.46. The molecule has 0 unspecified atom stereocenters.